The lowest BCUT2D eigenvalue weighted by Gasteiger charge is -2.36. The second-order valence-corrected chi connectivity index (χ2v) is 7.04. The highest BCUT2D eigenvalue weighted by Gasteiger charge is 2.19. The van der Waals surface area contributed by atoms with Crippen molar-refractivity contribution in [1.82, 2.24) is 15.1 Å². The van der Waals surface area contributed by atoms with Crippen molar-refractivity contribution < 1.29 is 0 Å². The van der Waals surface area contributed by atoms with Crippen molar-refractivity contribution in [3.8, 4) is 0 Å². The van der Waals surface area contributed by atoms with Crippen LogP contribution in [0, 0.1) is 6.92 Å². The molecule has 0 aliphatic carbocycles. The predicted molar refractivity (Wildman–Crippen MR) is 109 cm³/mol. The number of hydrogen-bond donors (Lipinski definition) is 1. The Balaban J connectivity index is 1.39. The highest BCUT2D eigenvalue weighted by molar-refractivity contribution is 7.80. The summed E-state index contributed by atoms with van der Waals surface area (Å²) in [6.45, 7) is 8.26. The second-order valence-electron chi connectivity index (χ2n) is 6.66. The summed E-state index contributed by atoms with van der Waals surface area (Å²) in [4.78, 5) is 4.82. The van der Waals surface area contributed by atoms with E-state index in [0.29, 0.717) is 0 Å². The molecule has 0 spiro atoms. The Morgan fingerprint density at radius 3 is 2.36 bits per heavy atom. The molecular formula is C21H27N3S. The second kappa shape index (κ2) is 8.97. The van der Waals surface area contributed by atoms with Gasteiger partial charge in [-0.2, -0.15) is 0 Å². The minimum Gasteiger partial charge on any atom is -0.362 e. The molecule has 3 nitrogen and oxygen atoms in total. The van der Waals surface area contributed by atoms with Gasteiger partial charge in [-0.3, -0.25) is 4.90 Å². The molecule has 1 saturated heterocycles. The topological polar surface area (TPSA) is 18.5 Å². The molecule has 25 heavy (non-hydrogen) atoms. The fourth-order valence-corrected chi connectivity index (χ4v) is 3.49. The Bertz CT molecular complexity index is 679. The third kappa shape index (κ3) is 5.28. The molecular weight excluding hydrogens is 326 g/mol. The maximum Gasteiger partial charge on any atom is 0.169 e. The summed E-state index contributed by atoms with van der Waals surface area (Å²) in [6, 6.07) is 19.2. The molecule has 0 aromatic heterocycles. The number of benzene rings is 2. The molecule has 2 aromatic carbocycles. The molecule has 0 atom stereocenters. The van der Waals surface area contributed by atoms with Gasteiger partial charge in [-0.1, -0.05) is 54.6 Å². The van der Waals surface area contributed by atoms with Crippen molar-refractivity contribution >= 4 is 17.3 Å². The highest BCUT2D eigenvalue weighted by Crippen LogP contribution is 2.12. The molecule has 0 unspecified atom stereocenters. The Hall–Kier alpha value is -1.91. The Kier molecular flexibility index (Phi) is 6.42. The third-order valence-electron chi connectivity index (χ3n) is 4.85. The van der Waals surface area contributed by atoms with Crippen LogP contribution in [0.3, 0.4) is 0 Å². The SMILES string of the molecule is Cc1ccccc1CN1CCN(C(=S)NCCc2ccccc2)CC1. The minimum absolute atomic E-state index is 0.895. The van der Waals surface area contributed by atoms with Gasteiger partial charge in [-0.05, 0) is 42.3 Å². The van der Waals surface area contributed by atoms with Gasteiger partial charge >= 0.3 is 0 Å². The van der Waals surface area contributed by atoms with Crippen molar-refractivity contribution in [2.24, 2.45) is 0 Å². The van der Waals surface area contributed by atoms with E-state index in [1.165, 1.54) is 16.7 Å². The largest absolute Gasteiger partial charge is 0.362 e. The van der Waals surface area contributed by atoms with Gasteiger partial charge in [0.05, 0.1) is 0 Å². The van der Waals surface area contributed by atoms with E-state index < -0.39 is 0 Å². The lowest BCUT2D eigenvalue weighted by molar-refractivity contribution is 0.174. The van der Waals surface area contributed by atoms with E-state index in [0.717, 1.165) is 50.8 Å². The average molecular weight is 354 g/mol. The van der Waals surface area contributed by atoms with Crippen molar-refractivity contribution in [2.75, 3.05) is 32.7 Å². The lowest BCUT2D eigenvalue weighted by Crippen LogP contribution is -2.51. The summed E-state index contributed by atoms with van der Waals surface area (Å²) < 4.78 is 0. The molecule has 1 aliphatic rings. The number of nitrogens with zero attached hydrogens (tertiary/aromatic N) is 2. The van der Waals surface area contributed by atoms with Gasteiger partial charge in [-0.25, -0.2) is 0 Å². The number of piperazine rings is 1. The van der Waals surface area contributed by atoms with Crippen molar-refractivity contribution in [2.45, 2.75) is 19.9 Å². The summed E-state index contributed by atoms with van der Waals surface area (Å²) >= 11 is 5.57. The van der Waals surface area contributed by atoms with Crippen LogP contribution in [0.2, 0.25) is 0 Å². The summed E-state index contributed by atoms with van der Waals surface area (Å²) in [6.07, 6.45) is 1.01. The van der Waals surface area contributed by atoms with Gasteiger partial charge in [0.1, 0.15) is 0 Å². The molecule has 1 fully saturated rings. The summed E-state index contributed by atoms with van der Waals surface area (Å²) in [5.74, 6) is 0. The first-order chi connectivity index (χ1) is 12.2. The zero-order valence-electron chi connectivity index (χ0n) is 14.9. The van der Waals surface area contributed by atoms with Gasteiger partial charge in [0, 0.05) is 39.3 Å². The number of nitrogens with one attached hydrogen (secondary N) is 1. The number of thiocarbonyl (C=S) groups is 1. The van der Waals surface area contributed by atoms with Gasteiger partial charge in [0.15, 0.2) is 5.11 Å². The van der Waals surface area contributed by atoms with Gasteiger partial charge in [0.2, 0.25) is 0 Å². The first kappa shape index (κ1) is 17.9. The van der Waals surface area contributed by atoms with Gasteiger partial charge < -0.3 is 10.2 Å². The molecule has 4 heteroatoms. The molecule has 1 heterocycles. The Morgan fingerprint density at radius 2 is 1.64 bits per heavy atom. The summed E-state index contributed by atoms with van der Waals surface area (Å²) in [5.41, 5.74) is 4.16. The predicted octanol–water partition coefficient (Wildman–Crippen LogP) is 3.23. The van der Waals surface area contributed by atoms with E-state index in [9.17, 15) is 0 Å². The fraction of sp³-hybridized carbons (Fsp3) is 0.381. The molecule has 0 amide bonds. The minimum atomic E-state index is 0.895. The number of hydrogen-bond acceptors (Lipinski definition) is 2. The number of rotatable bonds is 5. The van der Waals surface area contributed by atoms with Crippen LogP contribution in [0.5, 0.6) is 0 Å². The zero-order chi connectivity index (χ0) is 17.5. The Labute approximate surface area is 156 Å². The van der Waals surface area contributed by atoms with Crippen LogP contribution in [0.25, 0.3) is 0 Å². The van der Waals surface area contributed by atoms with Crippen LogP contribution in [-0.4, -0.2) is 47.6 Å². The standard InChI is InChI=1S/C21H27N3S/c1-18-7-5-6-10-20(18)17-23-13-15-24(16-14-23)21(25)22-12-11-19-8-3-2-4-9-19/h2-10H,11-17H2,1H3,(H,22,25). The van der Waals surface area contributed by atoms with E-state index in [1.807, 2.05) is 0 Å². The van der Waals surface area contributed by atoms with Crippen molar-refractivity contribution in [3.63, 3.8) is 0 Å². The van der Waals surface area contributed by atoms with Crippen LogP contribution in [0.15, 0.2) is 54.6 Å². The van der Waals surface area contributed by atoms with Crippen molar-refractivity contribution in [1.29, 1.82) is 0 Å². The first-order valence-electron chi connectivity index (χ1n) is 9.06. The average Bonchev–Trinajstić information content (AvgIpc) is 2.65. The first-order valence-corrected chi connectivity index (χ1v) is 9.47. The fourth-order valence-electron chi connectivity index (χ4n) is 3.21. The molecule has 0 saturated carbocycles. The normalized spacial score (nSPS) is 15.2. The van der Waals surface area contributed by atoms with Crippen LogP contribution in [-0.2, 0) is 13.0 Å². The quantitative estimate of drug-likeness (QED) is 0.832. The zero-order valence-corrected chi connectivity index (χ0v) is 15.8. The van der Waals surface area contributed by atoms with Crippen LogP contribution >= 0.6 is 12.2 Å². The van der Waals surface area contributed by atoms with Crippen LogP contribution < -0.4 is 5.32 Å². The highest BCUT2D eigenvalue weighted by atomic mass is 32.1. The van der Waals surface area contributed by atoms with Crippen molar-refractivity contribution in [3.05, 3.63) is 71.3 Å². The summed E-state index contributed by atoms with van der Waals surface area (Å²) in [5, 5.41) is 4.31. The van der Waals surface area contributed by atoms with E-state index in [4.69, 9.17) is 12.2 Å². The smallest absolute Gasteiger partial charge is 0.169 e. The maximum absolute atomic E-state index is 5.57. The van der Waals surface area contributed by atoms with E-state index >= 15 is 0 Å². The third-order valence-corrected chi connectivity index (χ3v) is 5.25. The molecule has 1 aliphatic heterocycles. The maximum atomic E-state index is 5.57. The monoisotopic (exact) mass is 353 g/mol. The lowest BCUT2D eigenvalue weighted by atomic mass is 10.1. The van der Waals surface area contributed by atoms with E-state index in [2.05, 4.69) is 76.6 Å². The summed E-state index contributed by atoms with van der Waals surface area (Å²) in [7, 11) is 0. The molecule has 0 bridgehead atoms. The van der Waals surface area contributed by atoms with Gasteiger partial charge in [-0.15, -0.1) is 0 Å². The van der Waals surface area contributed by atoms with Crippen LogP contribution in [0.1, 0.15) is 16.7 Å². The molecule has 1 N–H and O–H groups in total. The molecule has 132 valence electrons. The number of aryl methyl sites for hydroxylation is 1. The van der Waals surface area contributed by atoms with Gasteiger partial charge in [0.25, 0.3) is 0 Å². The van der Waals surface area contributed by atoms with E-state index in [-0.39, 0.29) is 0 Å². The molecule has 2 aromatic rings. The molecule has 0 radical (unpaired) electrons. The van der Waals surface area contributed by atoms with Crippen LogP contribution in [0.4, 0.5) is 0 Å². The van der Waals surface area contributed by atoms with E-state index in [1.54, 1.807) is 0 Å². The molecule has 3 rings (SSSR count). The Morgan fingerprint density at radius 1 is 0.960 bits per heavy atom.